The molecule has 88 valence electrons. The first-order chi connectivity index (χ1) is 7.72. The van der Waals surface area contributed by atoms with Gasteiger partial charge in [-0.05, 0) is 25.5 Å². The Kier molecular flexibility index (Phi) is 3.39. The zero-order chi connectivity index (χ0) is 11.5. The van der Waals surface area contributed by atoms with Crippen molar-refractivity contribution < 1.29 is 13.5 Å². The van der Waals surface area contributed by atoms with Gasteiger partial charge in [-0.15, -0.1) is 0 Å². The first-order valence-electron chi connectivity index (χ1n) is 5.48. The number of methoxy groups -OCH3 is 1. The lowest BCUT2D eigenvalue weighted by Crippen LogP contribution is -2.27. The molecule has 1 unspecified atom stereocenters. The molecule has 1 aromatic carbocycles. The molecule has 1 aliphatic rings. The van der Waals surface area contributed by atoms with Crippen LogP contribution in [0.1, 0.15) is 30.9 Å². The molecule has 1 N–H and O–H groups in total. The summed E-state index contributed by atoms with van der Waals surface area (Å²) in [4.78, 5) is 0. The molecule has 0 radical (unpaired) electrons. The zero-order valence-corrected chi connectivity index (χ0v) is 9.22. The second-order valence-corrected chi connectivity index (χ2v) is 4.01. The highest BCUT2D eigenvalue weighted by atomic mass is 19.2. The Morgan fingerprint density at radius 1 is 1.25 bits per heavy atom. The molecule has 0 bridgehead atoms. The molecule has 1 atom stereocenters. The number of benzene rings is 1. The Bertz CT molecular complexity index is 376. The minimum atomic E-state index is -0.864. The van der Waals surface area contributed by atoms with Crippen LogP contribution < -0.4 is 10.1 Å². The van der Waals surface area contributed by atoms with Gasteiger partial charge in [-0.25, -0.2) is 8.78 Å². The summed E-state index contributed by atoms with van der Waals surface area (Å²) >= 11 is 0. The van der Waals surface area contributed by atoms with Crippen molar-refractivity contribution in [3.63, 3.8) is 0 Å². The molecule has 0 aromatic heterocycles. The third-order valence-electron chi connectivity index (χ3n) is 2.96. The van der Waals surface area contributed by atoms with Gasteiger partial charge in [0.15, 0.2) is 11.6 Å². The number of rotatable bonds is 2. The highest BCUT2D eigenvalue weighted by Gasteiger charge is 2.20. The average Bonchev–Trinajstić information content (AvgIpc) is 2.33. The number of hydrogen-bond acceptors (Lipinski definition) is 2. The first kappa shape index (κ1) is 11.3. The Hall–Kier alpha value is -1.16. The number of piperidine rings is 1. The van der Waals surface area contributed by atoms with E-state index in [1.807, 2.05) is 0 Å². The SMILES string of the molecule is COc1cc(F)c(F)cc1C1CCCCN1. The lowest BCUT2D eigenvalue weighted by molar-refractivity contribution is 0.366. The fourth-order valence-electron chi connectivity index (χ4n) is 2.11. The van der Waals surface area contributed by atoms with Crippen LogP contribution >= 0.6 is 0 Å². The van der Waals surface area contributed by atoms with Gasteiger partial charge in [0.25, 0.3) is 0 Å². The molecule has 0 amide bonds. The minimum absolute atomic E-state index is 0.0683. The summed E-state index contributed by atoms with van der Waals surface area (Å²) in [5.41, 5.74) is 0.709. The third-order valence-corrected chi connectivity index (χ3v) is 2.96. The van der Waals surface area contributed by atoms with Crippen LogP contribution in [0.4, 0.5) is 8.78 Å². The van der Waals surface area contributed by atoms with Crippen molar-refractivity contribution in [2.45, 2.75) is 25.3 Å². The minimum Gasteiger partial charge on any atom is -0.496 e. The Labute approximate surface area is 93.6 Å². The molecule has 1 saturated heterocycles. The average molecular weight is 227 g/mol. The summed E-state index contributed by atoms with van der Waals surface area (Å²) in [5.74, 6) is -1.27. The number of halogens is 2. The lowest BCUT2D eigenvalue weighted by atomic mass is 9.96. The molecule has 1 fully saturated rings. The van der Waals surface area contributed by atoms with Crippen LogP contribution in [0.3, 0.4) is 0 Å². The van der Waals surface area contributed by atoms with Crippen molar-refractivity contribution in [2.24, 2.45) is 0 Å². The summed E-state index contributed by atoms with van der Waals surface area (Å²) in [6.45, 7) is 0.910. The smallest absolute Gasteiger partial charge is 0.162 e. The van der Waals surface area contributed by atoms with Gasteiger partial charge in [0, 0.05) is 17.7 Å². The van der Waals surface area contributed by atoms with E-state index in [2.05, 4.69) is 5.32 Å². The van der Waals surface area contributed by atoms with Crippen molar-refractivity contribution >= 4 is 0 Å². The van der Waals surface area contributed by atoms with E-state index in [4.69, 9.17) is 4.74 Å². The summed E-state index contributed by atoms with van der Waals surface area (Å²) in [6, 6.07) is 2.41. The monoisotopic (exact) mass is 227 g/mol. The van der Waals surface area contributed by atoms with Gasteiger partial charge in [0.2, 0.25) is 0 Å². The quantitative estimate of drug-likeness (QED) is 0.838. The maximum Gasteiger partial charge on any atom is 0.162 e. The fraction of sp³-hybridized carbons (Fsp3) is 0.500. The molecule has 1 heterocycles. The van der Waals surface area contributed by atoms with E-state index >= 15 is 0 Å². The van der Waals surface area contributed by atoms with E-state index in [1.54, 1.807) is 0 Å². The number of hydrogen-bond donors (Lipinski definition) is 1. The van der Waals surface area contributed by atoms with Crippen molar-refractivity contribution in [1.29, 1.82) is 0 Å². The van der Waals surface area contributed by atoms with Crippen LogP contribution in [-0.2, 0) is 0 Å². The summed E-state index contributed by atoms with van der Waals surface area (Å²) < 4.78 is 31.3. The van der Waals surface area contributed by atoms with Gasteiger partial charge < -0.3 is 10.1 Å². The molecule has 1 aromatic rings. The first-order valence-corrected chi connectivity index (χ1v) is 5.48. The van der Waals surface area contributed by atoms with Gasteiger partial charge >= 0.3 is 0 Å². The molecule has 0 spiro atoms. The topological polar surface area (TPSA) is 21.3 Å². The number of ether oxygens (including phenoxy) is 1. The van der Waals surface area contributed by atoms with Crippen LogP contribution in [0.5, 0.6) is 5.75 Å². The fourth-order valence-corrected chi connectivity index (χ4v) is 2.11. The van der Waals surface area contributed by atoms with E-state index in [9.17, 15) is 8.78 Å². The summed E-state index contributed by atoms with van der Waals surface area (Å²) in [6.07, 6.45) is 3.16. The predicted molar refractivity (Wildman–Crippen MR) is 57.5 cm³/mol. The molecule has 2 nitrogen and oxygen atoms in total. The third kappa shape index (κ3) is 2.16. The highest BCUT2D eigenvalue weighted by Crippen LogP contribution is 2.32. The van der Waals surface area contributed by atoms with E-state index in [0.717, 1.165) is 31.9 Å². The summed E-state index contributed by atoms with van der Waals surface area (Å²) in [5, 5.41) is 3.29. The van der Waals surface area contributed by atoms with E-state index in [0.29, 0.717) is 11.3 Å². The van der Waals surface area contributed by atoms with Crippen LogP contribution in [0, 0.1) is 11.6 Å². The second kappa shape index (κ2) is 4.78. The maximum absolute atomic E-state index is 13.2. The molecule has 4 heteroatoms. The van der Waals surface area contributed by atoms with Crippen LogP contribution in [0.25, 0.3) is 0 Å². The van der Waals surface area contributed by atoms with Gasteiger partial charge in [-0.3, -0.25) is 0 Å². The van der Waals surface area contributed by atoms with Crippen molar-refractivity contribution in [3.05, 3.63) is 29.3 Å². The lowest BCUT2D eigenvalue weighted by Gasteiger charge is -2.25. The zero-order valence-electron chi connectivity index (χ0n) is 9.22. The highest BCUT2D eigenvalue weighted by molar-refractivity contribution is 5.37. The van der Waals surface area contributed by atoms with Crippen LogP contribution in [-0.4, -0.2) is 13.7 Å². The Morgan fingerprint density at radius 3 is 2.62 bits per heavy atom. The molecular formula is C12H15F2NO. The maximum atomic E-state index is 13.2. The van der Waals surface area contributed by atoms with Gasteiger partial charge in [0.1, 0.15) is 5.75 Å². The largest absolute Gasteiger partial charge is 0.496 e. The standard InChI is InChI=1S/C12H15F2NO/c1-16-12-7-10(14)9(13)6-8(12)11-4-2-3-5-15-11/h6-7,11,15H,2-5H2,1H3. The molecule has 0 aliphatic carbocycles. The molecule has 0 saturated carbocycles. The van der Waals surface area contributed by atoms with Gasteiger partial charge in [-0.1, -0.05) is 6.42 Å². The van der Waals surface area contributed by atoms with E-state index in [1.165, 1.54) is 13.2 Å². The normalized spacial score (nSPS) is 20.8. The van der Waals surface area contributed by atoms with Crippen molar-refractivity contribution in [1.82, 2.24) is 5.32 Å². The molecule has 1 aliphatic heterocycles. The van der Waals surface area contributed by atoms with Gasteiger partial charge in [0.05, 0.1) is 7.11 Å². The van der Waals surface area contributed by atoms with Gasteiger partial charge in [-0.2, -0.15) is 0 Å². The number of nitrogens with one attached hydrogen (secondary N) is 1. The van der Waals surface area contributed by atoms with Crippen LogP contribution in [0.2, 0.25) is 0 Å². The second-order valence-electron chi connectivity index (χ2n) is 4.01. The Balaban J connectivity index is 2.33. The molecule has 2 rings (SSSR count). The Morgan fingerprint density at radius 2 is 2.00 bits per heavy atom. The molecule has 16 heavy (non-hydrogen) atoms. The van der Waals surface area contributed by atoms with Crippen molar-refractivity contribution in [2.75, 3.05) is 13.7 Å². The van der Waals surface area contributed by atoms with E-state index < -0.39 is 11.6 Å². The van der Waals surface area contributed by atoms with Crippen molar-refractivity contribution in [3.8, 4) is 5.75 Å². The summed E-state index contributed by atoms with van der Waals surface area (Å²) in [7, 11) is 1.47. The molecular weight excluding hydrogens is 212 g/mol. The van der Waals surface area contributed by atoms with Crippen LogP contribution in [0.15, 0.2) is 12.1 Å². The van der Waals surface area contributed by atoms with E-state index in [-0.39, 0.29) is 6.04 Å². The predicted octanol–water partition coefficient (Wildman–Crippen LogP) is 2.79.